The third-order valence-electron chi connectivity index (χ3n) is 7.61. The molecule has 7 nitrogen and oxygen atoms in total. The fourth-order valence-electron chi connectivity index (χ4n) is 6.70. The lowest BCUT2D eigenvalue weighted by Crippen LogP contribution is -2.78. The smallest absolute Gasteiger partial charge is 0.317 e. The van der Waals surface area contributed by atoms with Gasteiger partial charge in [-0.2, -0.15) is 0 Å². The molecule has 1 saturated carbocycles. The minimum atomic E-state index is -0.872. The number of likely N-dealkylation sites (N-methyl/N-ethyl adjacent to an activating group) is 1. The summed E-state index contributed by atoms with van der Waals surface area (Å²) in [6.45, 7) is 3.50. The van der Waals surface area contributed by atoms with Gasteiger partial charge in [0.1, 0.15) is 6.10 Å². The summed E-state index contributed by atoms with van der Waals surface area (Å²) in [5.74, 6) is -0.121. The zero-order chi connectivity index (χ0) is 19.7. The maximum Gasteiger partial charge on any atom is 0.317 e. The molecule has 1 saturated heterocycles. The van der Waals surface area contributed by atoms with E-state index in [0.717, 1.165) is 37.8 Å². The molecule has 7 heteroatoms. The van der Waals surface area contributed by atoms with Crippen LogP contribution in [-0.4, -0.2) is 71.6 Å². The van der Waals surface area contributed by atoms with Crippen LogP contribution in [0.4, 0.5) is 0 Å². The van der Waals surface area contributed by atoms with Crippen LogP contribution >= 0.6 is 0 Å². The molecule has 0 aromatic heterocycles. The lowest BCUT2D eigenvalue weighted by molar-refractivity contribution is -0.214. The normalized spacial score (nSPS) is 38.0. The highest BCUT2D eigenvalue weighted by Crippen LogP contribution is 2.66. The van der Waals surface area contributed by atoms with Crippen LogP contribution in [0.3, 0.4) is 0 Å². The topological polar surface area (TPSA) is 91.3 Å². The first-order valence-corrected chi connectivity index (χ1v) is 10.3. The van der Waals surface area contributed by atoms with Crippen LogP contribution in [0.1, 0.15) is 37.3 Å². The number of hydrogen-bond donors (Lipinski definition) is 3. The van der Waals surface area contributed by atoms with Gasteiger partial charge in [0.2, 0.25) is 0 Å². The lowest BCUT2D eigenvalue weighted by Gasteiger charge is -2.65. The van der Waals surface area contributed by atoms with Crippen molar-refractivity contribution in [2.45, 2.75) is 61.8 Å². The first-order chi connectivity index (χ1) is 13.4. The van der Waals surface area contributed by atoms with Crippen molar-refractivity contribution < 1.29 is 24.5 Å². The number of nitrogens with one attached hydrogen (secondary N) is 1. The number of carboxylic acid groups (broad SMARTS) is 1. The maximum atomic E-state index is 11.2. The van der Waals surface area contributed by atoms with Crippen molar-refractivity contribution in [3.63, 3.8) is 0 Å². The molecule has 2 aliphatic carbocycles. The zero-order valence-corrected chi connectivity index (χ0v) is 16.4. The fourth-order valence-corrected chi connectivity index (χ4v) is 6.70. The van der Waals surface area contributed by atoms with Crippen molar-refractivity contribution >= 4 is 5.97 Å². The Morgan fingerprint density at radius 1 is 1.43 bits per heavy atom. The standard InChI is InChI=1S/C21H28N2O5/c1-3-27-21-7-6-13(22-11-16(25)26)19-20(21)8-9-23(2)15(21)10-12-4-5-14(24)18(28-19)17(12)20/h4-5,13,15,19,22,24H,3,6-11H2,1-2H3,(H,25,26)/t13-,15?,19+,20+,21-/m1/s1. The summed E-state index contributed by atoms with van der Waals surface area (Å²) in [6.07, 6.45) is 3.14. The summed E-state index contributed by atoms with van der Waals surface area (Å²) in [7, 11) is 2.17. The SMILES string of the molecule is CCO[C@@]12CC[C@@H](NCC(=O)O)[C@@H]3Oc4c(O)ccc5c4[C@@]31CCN(C)C2C5. The number of phenols is 1. The number of hydrogen-bond acceptors (Lipinski definition) is 6. The van der Waals surface area contributed by atoms with Gasteiger partial charge in [0.05, 0.1) is 17.6 Å². The van der Waals surface area contributed by atoms with Gasteiger partial charge < -0.3 is 29.9 Å². The molecule has 1 spiro atoms. The molecule has 5 atom stereocenters. The largest absolute Gasteiger partial charge is 0.504 e. The molecule has 2 heterocycles. The molecular formula is C21H28N2O5. The Labute approximate surface area is 164 Å². The number of rotatable bonds is 5. The van der Waals surface area contributed by atoms with Crippen LogP contribution in [0.5, 0.6) is 11.5 Å². The summed E-state index contributed by atoms with van der Waals surface area (Å²) < 4.78 is 13.1. The number of nitrogens with zero attached hydrogens (tertiary/aromatic N) is 1. The molecular weight excluding hydrogens is 360 g/mol. The van der Waals surface area contributed by atoms with E-state index in [2.05, 4.69) is 17.3 Å². The maximum absolute atomic E-state index is 11.2. The molecule has 4 aliphatic rings. The number of aliphatic carboxylic acids is 1. The Balaban J connectivity index is 1.71. The first-order valence-electron chi connectivity index (χ1n) is 10.3. The van der Waals surface area contributed by atoms with Crippen LogP contribution in [-0.2, 0) is 21.4 Å². The van der Waals surface area contributed by atoms with Gasteiger partial charge in [-0.1, -0.05) is 6.07 Å². The van der Waals surface area contributed by atoms with Crippen molar-refractivity contribution in [1.82, 2.24) is 10.2 Å². The Bertz CT molecular complexity index is 829. The minimum Gasteiger partial charge on any atom is -0.504 e. The van der Waals surface area contributed by atoms with Crippen LogP contribution < -0.4 is 10.1 Å². The van der Waals surface area contributed by atoms with Gasteiger partial charge in [0, 0.05) is 24.3 Å². The van der Waals surface area contributed by atoms with E-state index in [1.54, 1.807) is 6.07 Å². The third kappa shape index (κ3) is 2.07. The van der Waals surface area contributed by atoms with Gasteiger partial charge in [-0.25, -0.2) is 0 Å². The zero-order valence-electron chi connectivity index (χ0n) is 16.4. The summed E-state index contributed by atoms with van der Waals surface area (Å²) in [5, 5.41) is 23.0. The number of likely N-dealkylation sites (tertiary alicyclic amines) is 1. The van der Waals surface area contributed by atoms with Crippen LogP contribution in [0.2, 0.25) is 0 Å². The number of benzene rings is 1. The quantitative estimate of drug-likeness (QED) is 0.700. The van der Waals surface area contributed by atoms with Crippen LogP contribution in [0.25, 0.3) is 0 Å². The molecule has 1 aromatic carbocycles. The Hall–Kier alpha value is -1.83. The van der Waals surface area contributed by atoms with Gasteiger partial charge in [-0.05, 0) is 57.8 Å². The van der Waals surface area contributed by atoms with Gasteiger partial charge >= 0.3 is 5.97 Å². The highest BCUT2D eigenvalue weighted by Gasteiger charge is 2.73. The lowest BCUT2D eigenvalue weighted by atomic mass is 9.48. The fraction of sp³-hybridized carbons (Fsp3) is 0.667. The van der Waals surface area contributed by atoms with Gasteiger partial charge in [-0.3, -0.25) is 4.79 Å². The van der Waals surface area contributed by atoms with E-state index in [1.165, 1.54) is 5.56 Å². The average Bonchev–Trinajstić information content (AvgIpc) is 3.01. The molecule has 152 valence electrons. The molecule has 1 unspecified atom stereocenters. The number of phenolic OH excluding ortho intramolecular Hbond substituents is 1. The minimum absolute atomic E-state index is 0.0912. The monoisotopic (exact) mass is 388 g/mol. The second kappa shape index (κ2) is 6.08. The van der Waals surface area contributed by atoms with E-state index in [1.807, 2.05) is 13.0 Å². The van der Waals surface area contributed by atoms with E-state index in [-0.39, 0.29) is 41.5 Å². The highest BCUT2D eigenvalue weighted by atomic mass is 16.5. The van der Waals surface area contributed by atoms with E-state index >= 15 is 0 Å². The number of carboxylic acids is 1. The molecule has 28 heavy (non-hydrogen) atoms. The van der Waals surface area contributed by atoms with E-state index in [4.69, 9.17) is 9.47 Å². The summed E-state index contributed by atoms with van der Waals surface area (Å²) in [5.41, 5.74) is 1.58. The van der Waals surface area contributed by atoms with Crippen molar-refractivity contribution in [3.05, 3.63) is 23.3 Å². The summed E-state index contributed by atoms with van der Waals surface area (Å²) in [6, 6.07) is 3.91. The molecule has 3 N–H and O–H groups in total. The van der Waals surface area contributed by atoms with Gasteiger partial charge in [0.25, 0.3) is 0 Å². The first kappa shape index (κ1) is 18.2. The summed E-state index contributed by atoms with van der Waals surface area (Å²) >= 11 is 0. The number of ether oxygens (including phenoxy) is 2. The van der Waals surface area contributed by atoms with Crippen LogP contribution in [0.15, 0.2) is 12.1 Å². The molecule has 0 radical (unpaired) electrons. The number of carbonyl (C=O) groups is 1. The van der Waals surface area contributed by atoms with E-state index in [0.29, 0.717) is 12.4 Å². The number of piperidine rings is 1. The average molecular weight is 388 g/mol. The van der Waals surface area contributed by atoms with Crippen molar-refractivity contribution in [2.75, 3.05) is 26.7 Å². The van der Waals surface area contributed by atoms with Crippen LogP contribution in [0, 0.1) is 0 Å². The second-order valence-corrected chi connectivity index (χ2v) is 8.65. The molecule has 5 rings (SSSR count). The Kier molecular flexibility index (Phi) is 3.96. The molecule has 2 aliphatic heterocycles. The molecule has 1 aromatic rings. The van der Waals surface area contributed by atoms with Gasteiger partial charge in [-0.15, -0.1) is 0 Å². The molecule has 2 fully saturated rings. The predicted octanol–water partition coefficient (Wildman–Crippen LogP) is 1.26. The Morgan fingerprint density at radius 3 is 3.00 bits per heavy atom. The van der Waals surface area contributed by atoms with Crippen molar-refractivity contribution in [1.29, 1.82) is 0 Å². The molecule has 2 bridgehead atoms. The third-order valence-corrected chi connectivity index (χ3v) is 7.61. The van der Waals surface area contributed by atoms with E-state index in [9.17, 15) is 15.0 Å². The summed E-state index contributed by atoms with van der Waals surface area (Å²) in [4.78, 5) is 13.6. The predicted molar refractivity (Wildman–Crippen MR) is 102 cm³/mol. The van der Waals surface area contributed by atoms with Crippen molar-refractivity contribution in [2.24, 2.45) is 0 Å². The second-order valence-electron chi connectivity index (χ2n) is 8.65. The molecule has 0 amide bonds. The highest BCUT2D eigenvalue weighted by molar-refractivity contribution is 5.69. The number of aromatic hydroxyl groups is 1. The Morgan fingerprint density at radius 2 is 2.25 bits per heavy atom. The van der Waals surface area contributed by atoms with Gasteiger partial charge in [0.15, 0.2) is 11.5 Å². The van der Waals surface area contributed by atoms with E-state index < -0.39 is 5.97 Å². The van der Waals surface area contributed by atoms with Crippen molar-refractivity contribution in [3.8, 4) is 11.5 Å².